The molecule has 20 heavy (non-hydrogen) atoms. The molecule has 1 aromatic carbocycles. The van der Waals surface area contributed by atoms with Crippen molar-refractivity contribution in [2.75, 3.05) is 13.2 Å². The van der Waals surface area contributed by atoms with Gasteiger partial charge in [0.25, 0.3) is 0 Å². The number of hydrogen-bond acceptors (Lipinski definition) is 2. The maximum absolute atomic E-state index is 11.4. The van der Waals surface area contributed by atoms with Gasteiger partial charge in [-0.25, -0.2) is 4.79 Å². The van der Waals surface area contributed by atoms with Gasteiger partial charge in [-0.1, -0.05) is 58.9 Å². The average Bonchev–Trinajstić information content (AvgIpc) is 2.36. The number of hydrogen-bond donors (Lipinski definition) is 1. The van der Waals surface area contributed by atoms with E-state index in [1.165, 1.54) is 11.1 Å². The van der Waals surface area contributed by atoms with Crippen molar-refractivity contribution >= 4 is 6.09 Å². The first kappa shape index (κ1) is 16.5. The van der Waals surface area contributed by atoms with Crippen LogP contribution in [0.3, 0.4) is 0 Å². The SMILES string of the molecule is CC(C)COC(=O)NCCc1cccc(C(C)(C)C)c1. The molecule has 3 nitrogen and oxygen atoms in total. The quantitative estimate of drug-likeness (QED) is 0.886. The number of benzene rings is 1. The fourth-order valence-corrected chi connectivity index (χ4v) is 1.80. The number of alkyl carbamates (subject to hydrolysis) is 1. The molecule has 0 aliphatic heterocycles. The van der Waals surface area contributed by atoms with Gasteiger partial charge in [-0.2, -0.15) is 0 Å². The molecule has 0 unspecified atom stereocenters. The number of rotatable bonds is 5. The van der Waals surface area contributed by atoms with Crippen molar-refractivity contribution in [3.63, 3.8) is 0 Å². The molecule has 1 amide bonds. The third-order valence-electron chi connectivity index (χ3n) is 3.02. The lowest BCUT2D eigenvalue weighted by Crippen LogP contribution is -2.27. The normalized spacial score (nSPS) is 11.5. The lowest BCUT2D eigenvalue weighted by molar-refractivity contribution is 0.133. The molecule has 0 aromatic heterocycles. The molecule has 0 bridgehead atoms. The lowest BCUT2D eigenvalue weighted by atomic mass is 9.86. The van der Waals surface area contributed by atoms with Crippen molar-refractivity contribution in [2.45, 2.75) is 46.5 Å². The minimum atomic E-state index is -0.328. The van der Waals surface area contributed by atoms with Crippen LogP contribution in [0.2, 0.25) is 0 Å². The van der Waals surface area contributed by atoms with Crippen LogP contribution in [0.5, 0.6) is 0 Å². The van der Waals surface area contributed by atoms with Gasteiger partial charge in [-0.3, -0.25) is 0 Å². The van der Waals surface area contributed by atoms with E-state index in [1.54, 1.807) is 0 Å². The highest BCUT2D eigenvalue weighted by atomic mass is 16.5. The van der Waals surface area contributed by atoms with Crippen LogP contribution in [0.1, 0.15) is 45.7 Å². The number of carbonyl (C=O) groups is 1. The summed E-state index contributed by atoms with van der Waals surface area (Å²) in [6.07, 6.45) is 0.492. The molecular formula is C17H27NO2. The molecule has 1 N–H and O–H groups in total. The summed E-state index contributed by atoms with van der Waals surface area (Å²) in [7, 11) is 0. The first-order chi connectivity index (χ1) is 9.29. The predicted molar refractivity (Wildman–Crippen MR) is 83.0 cm³/mol. The van der Waals surface area contributed by atoms with Gasteiger partial charge in [0.2, 0.25) is 0 Å². The largest absolute Gasteiger partial charge is 0.449 e. The van der Waals surface area contributed by atoms with E-state index in [-0.39, 0.29) is 11.5 Å². The second-order valence-electron chi connectivity index (χ2n) is 6.62. The Hall–Kier alpha value is -1.51. The molecule has 0 aliphatic rings. The van der Waals surface area contributed by atoms with Crippen LogP contribution in [-0.4, -0.2) is 19.2 Å². The van der Waals surface area contributed by atoms with Crippen molar-refractivity contribution in [3.05, 3.63) is 35.4 Å². The van der Waals surface area contributed by atoms with Crippen LogP contribution >= 0.6 is 0 Å². The first-order valence-corrected chi connectivity index (χ1v) is 7.29. The Labute approximate surface area is 122 Å². The van der Waals surface area contributed by atoms with Crippen LogP contribution in [0.4, 0.5) is 4.79 Å². The van der Waals surface area contributed by atoms with Crippen molar-refractivity contribution in [2.24, 2.45) is 5.92 Å². The second kappa shape index (κ2) is 7.32. The molecule has 0 fully saturated rings. The highest BCUT2D eigenvalue weighted by Crippen LogP contribution is 2.22. The van der Waals surface area contributed by atoms with E-state index in [4.69, 9.17) is 4.74 Å². The Morgan fingerprint density at radius 2 is 2.00 bits per heavy atom. The maximum atomic E-state index is 11.4. The van der Waals surface area contributed by atoms with Crippen LogP contribution in [0, 0.1) is 5.92 Å². The smallest absolute Gasteiger partial charge is 0.407 e. The summed E-state index contributed by atoms with van der Waals surface area (Å²) < 4.78 is 5.07. The van der Waals surface area contributed by atoms with Gasteiger partial charge in [0, 0.05) is 6.54 Å². The minimum Gasteiger partial charge on any atom is -0.449 e. The summed E-state index contributed by atoms with van der Waals surface area (Å²) in [5, 5.41) is 2.78. The van der Waals surface area contributed by atoms with Gasteiger partial charge in [-0.15, -0.1) is 0 Å². The highest BCUT2D eigenvalue weighted by molar-refractivity contribution is 5.67. The molecule has 0 radical (unpaired) electrons. The zero-order valence-electron chi connectivity index (χ0n) is 13.3. The van der Waals surface area contributed by atoms with Crippen LogP contribution in [0.25, 0.3) is 0 Å². The number of amides is 1. The Balaban J connectivity index is 2.41. The molecule has 0 heterocycles. The standard InChI is InChI=1S/C17H27NO2/c1-13(2)12-20-16(19)18-10-9-14-7-6-8-15(11-14)17(3,4)5/h6-8,11,13H,9-10,12H2,1-5H3,(H,18,19). The van der Waals surface area contributed by atoms with E-state index in [0.717, 1.165) is 6.42 Å². The van der Waals surface area contributed by atoms with Crippen molar-refractivity contribution < 1.29 is 9.53 Å². The Bertz CT molecular complexity index is 433. The predicted octanol–water partition coefficient (Wildman–Crippen LogP) is 3.91. The third kappa shape index (κ3) is 6.09. The van der Waals surface area contributed by atoms with Crippen molar-refractivity contribution in [3.8, 4) is 0 Å². The third-order valence-corrected chi connectivity index (χ3v) is 3.02. The zero-order chi connectivity index (χ0) is 15.2. The Morgan fingerprint density at radius 3 is 2.60 bits per heavy atom. The van der Waals surface area contributed by atoms with Crippen LogP contribution in [0.15, 0.2) is 24.3 Å². The Kier molecular flexibility index (Phi) is 6.05. The highest BCUT2D eigenvalue weighted by Gasteiger charge is 2.13. The van der Waals surface area contributed by atoms with Crippen LogP contribution < -0.4 is 5.32 Å². The summed E-state index contributed by atoms with van der Waals surface area (Å²) in [5.74, 6) is 0.365. The fraction of sp³-hybridized carbons (Fsp3) is 0.588. The minimum absolute atomic E-state index is 0.152. The van der Waals surface area contributed by atoms with E-state index in [2.05, 4.69) is 50.4 Å². The van der Waals surface area contributed by atoms with Gasteiger partial charge in [0.15, 0.2) is 0 Å². The number of nitrogens with one attached hydrogen (secondary N) is 1. The van der Waals surface area contributed by atoms with Crippen molar-refractivity contribution in [1.82, 2.24) is 5.32 Å². The molecule has 0 saturated carbocycles. The average molecular weight is 277 g/mol. The summed E-state index contributed by atoms with van der Waals surface area (Å²) in [6, 6.07) is 8.53. The number of carbonyl (C=O) groups excluding carboxylic acids is 1. The molecule has 0 saturated heterocycles. The van der Waals surface area contributed by atoms with Gasteiger partial charge < -0.3 is 10.1 Å². The van der Waals surface area contributed by atoms with Gasteiger partial charge in [-0.05, 0) is 28.9 Å². The maximum Gasteiger partial charge on any atom is 0.407 e. The van der Waals surface area contributed by atoms with Gasteiger partial charge in [0.1, 0.15) is 0 Å². The summed E-state index contributed by atoms with van der Waals surface area (Å²) >= 11 is 0. The lowest BCUT2D eigenvalue weighted by Gasteiger charge is -2.19. The van der Waals surface area contributed by atoms with E-state index in [0.29, 0.717) is 19.1 Å². The molecule has 1 aromatic rings. The fourth-order valence-electron chi connectivity index (χ4n) is 1.80. The van der Waals surface area contributed by atoms with Crippen LogP contribution in [-0.2, 0) is 16.6 Å². The van der Waals surface area contributed by atoms with Crippen molar-refractivity contribution in [1.29, 1.82) is 0 Å². The molecule has 0 atom stereocenters. The topological polar surface area (TPSA) is 38.3 Å². The molecule has 112 valence electrons. The summed E-state index contributed by atoms with van der Waals surface area (Å²) in [5.41, 5.74) is 2.71. The molecule has 0 spiro atoms. The van der Waals surface area contributed by atoms with Gasteiger partial charge >= 0.3 is 6.09 Å². The monoisotopic (exact) mass is 277 g/mol. The van der Waals surface area contributed by atoms with E-state index < -0.39 is 0 Å². The molecule has 1 rings (SSSR count). The van der Waals surface area contributed by atoms with E-state index >= 15 is 0 Å². The molecule has 0 aliphatic carbocycles. The van der Waals surface area contributed by atoms with Gasteiger partial charge in [0.05, 0.1) is 6.61 Å². The second-order valence-corrected chi connectivity index (χ2v) is 6.62. The first-order valence-electron chi connectivity index (χ1n) is 7.29. The zero-order valence-corrected chi connectivity index (χ0v) is 13.3. The Morgan fingerprint density at radius 1 is 1.30 bits per heavy atom. The summed E-state index contributed by atoms with van der Waals surface area (Å²) in [6.45, 7) is 11.7. The van der Waals surface area contributed by atoms with E-state index in [9.17, 15) is 4.79 Å². The van der Waals surface area contributed by atoms with E-state index in [1.807, 2.05) is 13.8 Å². The number of ether oxygens (including phenoxy) is 1. The summed E-state index contributed by atoms with van der Waals surface area (Å²) in [4.78, 5) is 11.4. The molecular weight excluding hydrogens is 250 g/mol. The molecule has 3 heteroatoms.